The SMILES string of the molecule is CNC(=O)COc1ccccc1CN[C@H]1CCc2nc(C)nn2C1. The number of hydrogen-bond donors (Lipinski definition) is 2. The molecule has 0 fully saturated rings. The molecule has 1 aromatic heterocycles. The number of nitrogens with zero attached hydrogens (tertiary/aromatic N) is 3. The molecule has 0 aliphatic carbocycles. The standard InChI is InChI=1S/C17H23N5O2/c1-12-20-16-8-7-14(10-22(16)21-12)19-9-13-5-3-4-6-15(13)24-11-17(23)18-2/h3-6,14,19H,7-11H2,1-2H3,(H,18,23)/t14-/m0/s1. The van der Waals surface area contributed by atoms with Crippen molar-refractivity contribution in [2.45, 2.75) is 38.9 Å². The smallest absolute Gasteiger partial charge is 0.257 e. The van der Waals surface area contributed by atoms with Crippen molar-refractivity contribution in [1.82, 2.24) is 25.4 Å². The number of rotatable bonds is 6. The van der Waals surface area contributed by atoms with Gasteiger partial charge in [-0.3, -0.25) is 4.79 Å². The highest BCUT2D eigenvalue weighted by atomic mass is 16.5. The first kappa shape index (κ1) is 16.4. The Kier molecular flexibility index (Phi) is 5.10. The lowest BCUT2D eigenvalue weighted by Gasteiger charge is -2.24. The normalized spacial score (nSPS) is 16.5. The molecule has 1 aromatic carbocycles. The van der Waals surface area contributed by atoms with Gasteiger partial charge >= 0.3 is 0 Å². The fourth-order valence-corrected chi connectivity index (χ4v) is 2.86. The molecule has 2 heterocycles. The van der Waals surface area contributed by atoms with Crippen LogP contribution >= 0.6 is 0 Å². The van der Waals surface area contributed by atoms with Crippen molar-refractivity contribution < 1.29 is 9.53 Å². The van der Waals surface area contributed by atoms with Crippen LogP contribution in [0.25, 0.3) is 0 Å². The van der Waals surface area contributed by atoms with Crippen LogP contribution in [0.15, 0.2) is 24.3 Å². The molecule has 1 aliphatic rings. The average molecular weight is 329 g/mol. The molecule has 1 atom stereocenters. The van der Waals surface area contributed by atoms with E-state index in [0.29, 0.717) is 12.6 Å². The Morgan fingerprint density at radius 1 is 1.42 bits per heavy atom. The molecule has 7 nitrogen and oxygen atoms in total. The molecule has 0 saturated carbocycles. The Balaban J connectivity index is 1.58. The first-order valence-corrected chi connectivity index (χ1v) is 8.20. The van der Waals surface area contributed by atoms with E-state index in [1.807, 2.05) is 35.9 Å². The number of ether oxygens (including phenoxy) is 1. The van der Waals surface area contributed by atoms with Gasteiger partial charge in [0.1, 0.15) is 17.4 Å². The molecule has 3 rings (SSSR count). The van der Waals surface area contributed by atoms with Gasteiger partial charge in [0.2, 0.25) is 0 Å². The highest BCUT2D eigenvalue weighted by molar-refractivity contribution is 5.77. The molecule has 2 aromatic rings. The van der Waals surface area contributed by atoms with E-state index in [2.05, 4.69) is 20.7 Å². The van der Waals surface area contributed by atoms with Gasteiger partial charge in [-0.15, -0.1) is 0 Å². The second-order valence-electron chi connectivity index (χ2n) is 5.94. The van der Waals surface area contributed by atoms with Crippen LogP contribution in [0.3, 0.4) is 0 Å². The number of amides is 1. The molecule has 0 radical (unpaired) electrons. The van der Waals surface area contributed by atoms with E-state index in [9.17, 15) is 4.79 Å². The first-order chi connectivity index (χ1) is 11.7. The van der Waals surface area contributed by atoms with Crippen molar-refractivity contribution >= 4 is 5.91 Å². The second-order valence-corrected chi connectivity index (χ2v) is 5.94. The van der Waals surface area contributed by atoms with Crippen LogP contribution in [0.5, 0.6) is 5.75 Å². The van der Waals surface area contributed by atoms with E-state index in [0.717, 1.165) is 42.3 Å². The van der Waals surface area contributed by atoms with Crippen molar-refractivity contribution in [3.8, 4) is 5.75 Å². The minimum Gasteiger partial charge on any atom is -0.483 e. The maximum Gasteiger partial charge on any atom is 0.257 e. The molecule has 0 bridgehead atoms. The van der Waals surface area contributed by atoms with E-state index in [4.69, 9.17) is 4.74 Å². The molecule has 1 amide bonds. The van der Waals surface area contributed by atoms with E-state index >= 15 is 0 Å². The Labute approximate surface area is 141 Å². The number of hydrogen-bond acceptors (Lipinski definition) is 5. The van der Waals surface area contributed by atoms with Crippen LogP contribution in [0.2, 0.25) is 0 Å². The van der Waals surface area contributed by atoms with Gasteiger partial charge in [0.15, 0.2) is 6.61 Å². The molecule has 2 N–H and O–H groups in total. The summed E-state index contributed by atoms with van der Waals surface area (Å²) in [5.74, 6) is 2.50. The van der Waals surface area contributed by atoms with Crippen LogP contribution < -0.4 is 15.4 Å². The van der Waals surface area contributed by atoms with Crippen LogP contribution in [0, 0.1) is 6.92 Å². The van der Waals surface area contributed by atoms with Crippen LogP contribution in [0.1, 0.15) is 23.6 Å². The molecule has 1 aliphatic heterocycles. The Bertz CT molecular complexity index is 713. The highest BCUT2D eigenvalue weighted by Crippen LogP contribution is 2.19. The number of nitrogens with one attached hydrogen (secondary N) is 2. The number of aryl methyl sites for hydroxylation is 2. The molecule has 7 heteroatoms. The number of aromatic nitrogens is 3. The average Bonchev–Trinajstić information content (AvgIpc) is 2.97. The number of benzene rings is 1. The predicted molar refractivity (Wildman–Crippen MR) is 89.7 cm³/mol. The van der Waals surface area contributed by atoms with Crippen LogP contribution in [-0.4, -0.2) is 40.4 Å². The lowest BCUT2D eigenvalue weighted by Crippen LogP contribution is -2.37. The summed E-state index contributed by atoms with van der Waals surface area (Å²) >= 11 is 0. The zero-order chi connectivity index (χ0) is 16.9. The van der Waals surface area contributed by atoms with Gasteiger partial charge in [-0.05, 0) is 19.4 Å². The van der Waals surface area contributed by atoms with Gasteiger partial charge in [0, 0.05) is 31.6 Å². The molecule has 128 valence electrons. The maximum absolute atomic E-state index is 11.4. The summed E-state index contributed by atoms with van der Waals surface area (Å²) in [5.41, 5.74) is 1.04. The third-order valence-electron chi connectivity index (χ3n) is 4.16. The minimum atomic E-state index is -0.140. The third-order valence-corrected chi connectivity index (χ3v) is 4.16. The second kappa shape index (κ2) is 7.44. The zero-order valence-corrected chi connectivity index (χ0v) is 14.1. The summed E-state index contributed by atoms with van der Waals surface area (Å²) in [5, 5.41) is 10.5. The van der Waals surface area contributed by atoms with Gasteiger partial charge in [0.05, 0.1) is 6.54 Å². The summed E-state index contributed by atoms with van der Waals surface area (Å²) < 4.78 is 7.60. The molecule has 0 spiro atoms. The number of fused-ring (bicyclic) bond motifs is 1. The predicted octanol–water partition coefficient (Wildman–Crippen LogP) is 0.816. The summed E-state index contributed by atoms with van der Waals surface area (Å²) in [4.78, 5) is 15.8. The fraction of sp³-hybridized carbons (Fsp3) is 0.471. The van der Waals surface area contributed by atoms with E-state index in [-0.39, 0.29) is 12.5 Å². The highest BCUT2D eigenvalue weighted by Gasteiger charge is 2.20. The maximum atomic E-state index is 11.4. The summed E-state index contributed by atoms with van der Waals surface area (Å²) in [6.07, 6.45) is 1.98. The first-order valence-electron chi connectivity index (χ1n) is 8.20. The monoisotopic (exact) mass is 329 g/mol. The summed E-state index contributed by atoms with van der Waals surface area (Å²) in [7, 11) is 1.60. The lowest BCUT2D eigenvalue weighted by molar-refractivity contribution is -0.122. The number of likely N-dealkylation sites (N-methyl/N-ethyl adjacent to an activating group) is 1. The van der Waals surface area contributed by atoms with E-state index in [1.165, 1.54) is 0 Å². The zero-order valence-electron chi connectivity index (χ0n) is 14.1. The molecule has 0 unspecified atom stereocenters. The number of carbonyl (C=O) groups is 1. The molecule has 0 saturated heterocycles. The van der Waals surface area contributed by atoms with Crippen molar-refractivity contribution in [2.24, 2.45) is 0 Å². The quantitative estimate of drug-likeness (QED) is 0.820. The molecule has 24 heavy (non-hydrogen) atoms. The van der Waals surface area contributed by atoms with Gasteiger partial charge < -0.3 is 15.4 Å². The van der Waals surface area contributed by atoms with E-state index < -0.39 is 0 Å². The number of carbonyl (C=O) groups excluding carboxylic acids is 1. The third kappa shape index (κ3) is 3.91. The number of para-hydroxylation sites is 1. The molecular weight excluding hydrogens is 306 g/mol. The van der Waals surface area contributed by atoms with Gasteiger partial charge in [0.25, 0.3) is 5.91 Å². The van der Waals surface area contributed by atoms with Gasteiger partial charge in [-0.2, -0.15) is 5.10 Å². The van der Waals surface area contributed by atoms with Crippen molar-refractivity contribution in [3.05, 3.63) is 41.5 Å². The Hall–Kier alpha value is -2.41. The van der Waals surface area contributed by atoms with Crippen molar-refractivity contribution in [3.63, 3.8) is 0 Å². The van der Waals surface area contributed by atoms with Crippen LogP contribution in [0.4, 0.5) is 0 Å². The van der Waals surface area contributed by atoms with Crippen molar-refractivity contribution in [2.75, 3.05) is 13.7 Å². The molecular formula is C17H23N5O2. The fourth-order valence-electron chi connectivity index (χ4n) is 2.86. The topological polar surface area (TPSA) is 81.1 Å². The Morgan fingerprint density at radius 2 is 2.25 bits per heavy atom. The summed E-state index contributed by atoms with van der Waals surface area (Å²) in [6, 6.07) is 8.14. The van der Waals surface area contributed by atoms with Crippen LogP contribution in [-0.2, 0) is 24.3 Å². The Morgan fingerprint density at radius 3 is 3.08 bits per heavy atom. The van der Waals surface area contributed by atoms with E-state index in [1.54, 1.807) is 7.05 Å². The lowest BCUT2D eigenvalue weighted by atomic mass is 10.1. The minimum absolute atomic E-state index is 0.0263. The summed E-state index contributed by atoms with van der Waals surface area (Å²) in [6.45, 7) is 3.47. The van der Waals surface area contributed by atoms with Gasteiger partial charge in [-0.1, -0.05) is 18.2 Å². The van der Waals surface area contributed by atoms with Gasteiger partial charge in [-0.25, -0.2) is 9.67 Å². The largest absolute Gasteiger partial charge is 0.483 e. The van der Waals surface area contributed by atoms with Crippen molar-refractivity contribution in [1.29, 1.82) is 0 Å².